The summed E-state index contributed by atoms with van der Waals surface area (Å²) in [5.41, 5.74) is 3.25. The Morgan fingerprint density at radius 2 is 1.62 bits per heavy atom. The highest BCUT2D eigenvalue weighted by atomic mass is 31.2. The van der Waals surface area contributed by atoms with Crippen molar-refractivity contribution in [3.05, 3.63) is 160 Å². The number of fused-ring (bicyclic) bond motifs is 3. The van der Waals surface area contributed by atoms with Crippen LogP contribution >= 0.6 is 7.60 Å². The van der Waals surface area contributed by atoms with Crippen LogP contribution in [0.25, 0.3) is 10.9 Å². The molecule has 9 N–H and O–H groups in total. The van der Waals surface area contributed by atoms with Gasteiger partial charge in [-0.05, 0) is 85.5 Å². The molecule has 0 bridgehead atoms. The zero-order valence-corrected chi connectivity index (χ0v) is 47.0. The van der Waals surface area contributed by atoms with Gasteiger partial charge in [0, 0.05) is 78.7 Å². The van der Waals surface area contributed by atoms with Gasteiger partial charge in [0.2, 0.25) is 35.4 Å². The Hall–Kier alpha value is -9.37. The zero-order valence-electron chi connectivity index (χ0n) is 46.1. The fourth-order valence-corrected chi connectivity index (χ4v) is 11.9. The number of hydrogen-bond acceptors (Lipinski definition) is 11. The van der Waals surface area contributed by atoms with E-state index in [9.17, 15) is 61.5 Å². The summed E-state index contributed by atoms with van der Waals surface area (Å²) in [5.74, 6) is 0.746. The van der Waals surface area contributed by atoms with E-state index in [-0.39, 0.29) is 92.0 Å². The summed E-state index contributed by atoms with van der Waals surface area (Å²) >= 11 is 0. The third kappa shape index (κ3) is 12.8. The lowest BCUT2D eigenvalue weighted by Gasteiger charge is -2.38. The number of unbranched alkanes of at least 4 members (excludes halogenated alkanes) is 1. The van der Waals surface area contributed by atoms with Gasteiger partial charge in [-0.15, -0.1) is 0 Å². The molecule has 10 rings (SSSR count). The summed E-state index contributed by atoms with van der Waals surface area (Å²) in [5, 5.41) is 15.1. The molecule has 23 nitrogen and oxygen atoms in total. The first-order chi connectivity index (χ1) is 41.1. The van der Waals surface area contributed by atoms with Gasteiger partial charge in [0.25, 0.3) is 17.7 Å². The first kappa shape index (κ1) is 59.8. The maximum absolute atomic E-state index is 15.1. The molecule has 86 heavy (non-hydrogen) atoms. The van der Waals surface area contributed by atoms with Gasteiger partial charge in [0.15, 0.2) is 0 Å². The second-order valence-electron chi connectivity index (χ2n) is 21.6. The van der Waals surface area contributed by atoms with Crippen molar-refractivity contribution in [2.75, 3.05) is 13.1 Å². The van der Waals surface area contributed by atoms with Crippen molar-refractivity contribution >= 4 is 71.7 Å². The number of aryl methyl sites for hydroxylation is 1. The number of carbonyl (C=O) groups excluding carboxylic acids is 9. The highest BCUT2D eigenvalue weighted by molar-refractivity contribution is 7.52. The molecule has 6 heterocycles. The number of nitrogens with zero attached hydrogens (tertiary/aromatic N) is 5. The SMILES string of the molecule is NC(=O)CCC(NC(=O)[C@@H]1CC[C@@H]2CCN(C(=O)c3cnn(CCCC#Cc4cccc5c4CN(C4CCC(=O)NC4=O)C5=O)c3)C[C@H](NC(=O)c3cc4cc(C(F)(F)P(=O)(O)O)ccc4[nH]3)C(=O)N21)C(=O)NC(c1ccccc1)c1ccccc1. The molecule has 3 fully saturated rings. The number of halogens is 2. The number of piperidine rings is 1. The minimum atomic E-state index is -5.95. The Kier molecular flexibility index (Phi) is 17.4. The Balaban J connectivity index is 0.853. The van der Waals surface area contributed by atoms with Gasteiger partial charge < -0.3 is 51.2 Å². The van der Waals surface area contributed by atoms with Crippen LogP contribution < -0.4 is 27.0 Å². The summed E-state index contributed by atoms with van der Waals surface area (Å²) in [4.78, 5) is 148. The number of carbonyl (C=O) groups is 9. The molecule has 3 saturated heterocycles. The third-order valence-electron chi connectivity index (χ3n) is 15.9. The fraction of sp³-hybridized carbons (Fsp3) is 0.333. The van der Waals surface area contributed by atoms with E-state index in [4.69, 9.17) is 5.73 Å². The maximum Gasteiger partial charge on any atom is 0.399 e. The summed E-state index contributed by atoms with van der Waals surface area (Å²) in [6.07, 6.45) is 4.24. The van der Waals surface area contributed by atoms with Crippen molar-refractivity contribution in [1.29, 1.82) is 0 Å². The van der Waals surface area contributed by atoms with Gasteiger partial charge in [0.1, 0.15) is 29.9 Å². The average molecular weight is 1200 g/mol. The largest absolute Gasteiger partial charge is 0.399 e. The third-order valence-corrected chi connectivity index (χ3v) is 16.9. The van der Waals surface area contributed by atoms with Crippen LogP contribution in [0.15, 0.2) is 116 Å². The van der Waals surface area contributed by atoms with Crippen LogP contribution in [-0.4, -0.2) is 136 Å². The maximum atomic E-state index is 15.1. The molecule has 2 aromatic heterocycles. The summed E-state index contributed by atoms with van der Waals surface area (Å²) in [7, 11) is -5.95. The van der Waals surface area contributed by atoms with E-state index in [0.717, 1.165) is 35.4 Å². The molecule has 0 saturated carbocycles. The van der Waals surface area contributed by atoms with E-state index in [1.165, 1.54) is 27.1 Å². The number of primary amides is 1. The number of nitrogens with one attached hydrogen (secondary N) is 5. The van der Waals surface area contributed by atoms with Crippen LogP contribution in [-0.2, 0) is 52.1 Å². The smallest absolute Gasteiger partial charge is 0.370 e. The monoisotopic (exact) mass is 1200 g/mol. The summed E-state index contributed by atoms with van der Waals surface area (Å²) < 4.78 is 42.8. The van der Waals surface area contributed by atoms with Crippen LogP contribution in [0.2, 0.25) is 0 Å². The number of amides is 9. The zero-order chi connectivity index (χ0) is 61.0. The first-order valence-corrected chi connectivity index (χ1v) is 29.5. The molecule has 4 aromatic carbocycles. The van der Waals surface area contributed by atoms with Crippen molar-refractivity contribution in [3.8, 4) is 11.8 Å². The number of alkyl halides is 2. The van der Waals surface area contributed by atoms with E-state index < -0.39 is 103 Å². The van der Waals surface area contributed by atoms with Crippen LogP contribution in [0.4, 0.5) is 8.78 Å². The number of benzene rings is 4. The van der Waals surface area contributed by atoms with Gasteiger partial charge in [-0.2, -0.15) is 13.9 Å². The Morgan fingerprint density at radius 3 is 2.31 bits per heavy atom. The highest BCUT2D eigenvalue weighted by Gasteiger charge is 2.51. The predicted octanol–water partition coefficient (Wildman–Crippen LogP) is 3.84. The van der Waals surface area contributed by atoms with Crippen molar-refractivity contribution in [2.45, 2.75) is 113 Å². The molecular weight excluding hydrogens is 1140 g/mol. The van der Waals surface area contributed by atoms with E-state index in [0.29, 0.717) is 36.1 Å². The lowest BCUT2D eigenvalue weighted by atomic mass is 9.98. The molecule has 446 valence electrons. The van der Waals surface area contributed by atoms with Crippen molar-refractivity contribution in [2.24, 2.45) is 5.73 Å². The Morgan fingerprint density at radius 1 is 0.884 bits per heavy atom. The predicted molar refractivity (Wildman–Crippen MR) is 304 cm³/mol. The summed E-state index contributed by atoms with van der Waals surface area (Å²) in [6, 6.07) is 21.1. The van der Waals surface area contributed by atoms with Gasteiger partial charge in [-0.1, -0.05) is 84.6 Å². The van der Waals surface area contributed by atoms with Gasteiger partial charge >= 0.3 is 13.3 Å². The van der Waals surface area contributed by atoms with E-state index in [1.54, 1.807) is 22.9 Å². The molecule has 0 radical (unpaired) electrons. The van der Waals surface area contributed by atoms with E-state index in [1.807, 2.05) is 60.7 Å². The number of nitrogens with two attached hydrogens (primary N) is 1. The minimum Gasteiger partial charge on any atom is -0.370 e. The van der Waals surface area contributed by atoms with Crippen LogP contribution in [0, 0.1) is 11.8 Å². The Bertz CT molecular complexity index is 3750. The van der Waals surface area contributed by atoms with Crippen LogP contribution in [0.5, 0.6) is 0 Å². The molecule has 9 amide bonds. The van der Waals surface area contributed by atoms with Crippen LogP contribution in [0.3, 0.4) is 0 Å². The number of imide groups is 1. The Labute approximate surface area is 490 Å². The average Bonchev–Trinajstić information content (AvgIpc) is 1.71. The van der Waals surface area contributed by atoms with Gasteiger partial charge in [-0.3, -0.25) is 57.7 Å². The lowest BCUT2D eigenvalue weighted by Crippen LogP contribution is -2.62. The normalized spacial score (nSPS) is 19.2. The second-order valence-corrected chi connectivity index (χ2v) is 23.2. The molecule has 6 aromatic rings. The quantitative estimate of drug-likeness (QED) is 0.0263. The number of aromatic amines is 1. The van der Waals surface area contributed by atoms with Gasteiger partial charge in [-0.25, -0.2) is 0 Å². The molecule has 2 unspecified atom stereocenters. The fourth-order valence-electron chi connectivity index (χ4n) is 11.5. The van der Waals surface area contributed by atoms with Crippen molar-refractivity contribution < 1.29 is 66.3 Å². The number of H-pyrrole nitrogens is 1. The molecular formula is C60H60F2N11O12P. The molecule has 4 aliphatic rings. The van der Waals surface area contributed by atoms with Crippen molar-refractivity contribution in [3.63, 3.8) is 0 Å². The number of rotatable bonds is 18. The molecule has 5 atom stereocenters. The topological polar surface area (TPSA) is 329 Å². The standard InChI is InChI=1S/C60H60F2N11O12P/c61-60(62,86(83,84)85)40-18-20-44-38(29-40)30-46(65-44)54(77)67-47-34-70(57(80)39-31-64-71(32-39)27-9-3-8-11-35-16-10-17-42-43(35)33-72(58(42)81)48-23-25-51(75)68-55(48)78)28-26-41-19-22-49(73(41)59(47)82)56(79)66-45(21-24-50(63)74)53(76)69-52(36-12-4-1-5-13-36)37-14-6-2-7-15-37/h1-2,4-7,10,12-18,20,29-32,41,45,47-49,52,65H,3,9,19,21-28,33-34H2,(H2,63,74)(H,66,79)(H,67,77)(H,69,76)(H,68,75,78)(H2,83,84,85)/t41-,45?,47+,48?,49+/m1/s1. The molecule has 26 heteroatoms. The minimum absolute atomic E-state index is 0.0205. The molecule has 0 aliphatic carbocycles. The summed E-state index contributed by atoms with van der Waals surface area (Å²) in [6.45, 7) is 0.108. The second kappa shape index (κ2) is 25.1. The highest BCUT2D eigenvalue weighted by Crippen LogP contribution is 2.59. The first-order valence-electron chi connectivity index (χ1n) is 27.9. The van der Waals surface area contributed by atoms with Crippen molar-refractivity contribution in [1.82, 2.24) is 50.7 Å². The number of hydrogen-bond donors (Lipinski definition) is 8. The lowest BCUT2D eigenvalue weighted by molar-refractivity contribution is -0.143. The number of aromatic nitrogens is 3. The van der Waals surface area contributed by atoms with E-state index >= 15 is 4.79 Å². The molecule has 4 aliphatic heterocycles. The molecule has 0 spiro atoms. The van der Waals surface area contributed by atoms with E-state index in [2.05, 4.69) is 43.2 Å². The van der Waals surface area contributed by atoms with Crippen LogP contribution in [0.1, 0.15) is 123 Å². The van der Waals surface area contributed by atoms with Gasteiger partial charge in [0.05, 0.1) is 24.3 Å².